The van der Waals surface area contributed by atoms with E-state index in [4.69, 9.17) is 19.9 Å². The summed E-state index contributed by atoms with van der Waals surface area (Å²) < 4.78 is 15.2. The predicted molar refractivity (Wildman–Crippen MR) is 135 cm³/mol. The third kappa shape index (κ3) is 8.28. The van der Waals surface area contributed by atoms with Crippen LogP contribution in [-0.2, 0) is 25.5 Å². The molecular weight excluding hydrogens is 466 g/mol. The number of benzene rings is 2. The van der Waals surface area contributed by atoms with E-state index in [1.165, 1.54) is 56.7 Å². The highest BCUT2D eigenvalue weighted by molar-refractivity contribution is 6.11. The van der Waals surface area contributed by atoms with Crippen LogP contribution in [0.15, 0.2) is 42.5 Å². The van der Waals surface area contributed by atoms with Crippen LogP contribution < -0.4 is 15.2 Å². The molecule has 1 atom stereocenters. The molecule has 0 fully saturated rings. The van der Waals surface area contributed by atoms with Gasteiger partial charge in [0.1, 0.15) is 6.04 Å². The van der Waals surface area contributed by atoms with Crippen LogP contribution in [0, 0.1) is 0 Å². The Morgan fingerprint density at radius 3 is 2.22 bits per heavy atom. The van der Waals surface area contributed by atoms with Crippen LogP contribution in [-0.4, -0.2) is 54.6 Å². The van der Waals surface area contributed by atoms with E-state index >= 15 is 0 Å². The third-order valence-electron chi connectivity index (χ3n) is 5.09. The average Bonchev–Trinajstić information content (AvgIpc) is 2.86. The van der Waals surface area contributed by atoms with Gasteiger partial charge in [-0.15, -0.1) is 0 Å². The molecular formula is C27H31NO8. The molecule has 4 N–H and O–H groups in total. The fraction of sp³-hybridized carbons (Fsp3) is 0.296. The maximum absolute atomic E-state index is 12.4. The van der Waals surface area contributed by atoms with Crippen LogP contribution in [0.3, 0.4) is 0 Å². The molecule has 0 radical (unpaired) electrons. The van der Waals surface area contributed by atoms with Crippen molar-refractivity contribution in [2.75, 3.05) is 20.8 Å². The minimum absolute atomic E-state index is 0.0228. The summed E-state index contributed by atoms with van der Waals surface area (Å²) in [4.78, 5) is 36.7. The zero-order valence-corrected chi connectivity index (χ0v) is 20.5. The smallest absolute Gasteiger partial charge is 0.323 e. The van der Waals surface area contributed by atoms with E-state index in [9.17, 15) is 24.6 Å². The number of allylic oxidation sites excluding steroid dienone is 2. The molecule has 36 heavy (non-hydrogen) atoms. The molecule has 0 aliphatic heterocycles. The van der Waals surface area contributed by atoms with Gasteiger partial charge in [0.15, 0.2) is 34.6 Å². The van der Waals surface area contributed by atoms with Gasteiger partial charge in [-0.25, -0.2) is 0 Å². The summed E-state index contributed by atoms with van der Waals surface area (Å²) in [5.41, 5.74) is 7.58. The summed E-state index contributed by atoms with van der Waals surface area (Å²) in [5.74, 6) is -1.15. The second kappa shape index (κ2) is 13.7. The molecule has 0 bridgehead atoms. The number of methoxy groups -OCH3 is 2. The summed E-state index contributed by atoms with van der Waals surface area (Å²) >= 11 is 0. The van der Waals surface area contributed by atoms with Crippen LogP contribution in [0.5, 0.6) is 23.0 Å². The Kier molecular flexibility index (Phi) is 10.7. The fourth-order valence-electron chi connectivity index (χ4n) is 3.21. The number of nitrogens with two attached hydrogens (primary N) is 1. The van der Waals surface area contributed by atoms with Crippen LogP contribution in [0.1, 0.15) is 36.5 Å². The number of aromatic hydroxyl groups is 2. The largest absolute Gasteiger partial charge is 0.504 e. The number of hydrogen-bond donors (Lipinski definition) is 3. The van der Waals surface area contributed by atoms with Gasteiger partial charge in [-0.1, -0.05) is 25.1 Å². The van der Waals surface area contributed by atoms with Crippen molar-refractivity contribution < 1.29 is 38.8 Å². The Balaban J connectivity index is 2.12. The molecule has 0 aliphatic rings. The molecule has 0 unspecified atom stereocenters. The van der Waals surface area contributed by atoms with Crippen molar-refractivity contribution in [3.8, 4) is 23.0 Å². The molecule has 0 spiro atoms. The first-order chi connectivity index (χ1) is 17.2. The van der Waals surface area contributed by atoms with Crippen LogP contribution in [0.4, 0.5) is 0 Å². The van der Waals surface area contributed by atoms with Crippen LogP contribution in [0.2, 0.25) is 0 Å². The van der Waals surface area contributed by atoms with E-state index in [-0.39, 0.29) is 42.4 Å². The summed E-state index contributed by atoms with van der Waals surface area (Å²) in [7, 11) is 2.80. The minimum atomic E-state index is -0.961. The Hall–Kier alpha value is -4.11. The van der Waals surface area contributed by atoms with Gasteiger partial charge < -0.3 is 30.2 Å². The molecule has 0 heterocycles. The van der Waals surface area contributed by atoms with Crippen molar-refractivity contribution in [2.24, 2.45) is 5.73 Å². The van der Waals surface area contributed by atoms with Gasteiger partial charge in [0.2, 0.25) is 0 Å². The molecule has 2 rings (SSSR count). The first-order valence-electron chi connectivity index (χ1n) is 11.3. The lowest BCUT2D eigenvalue weighted by Gasteiger charge is -2.15. The first-order valence-corrected chi connectivity index (χ1v) is 11.3. The molecule has 0 saturated heterocycles. The van der Waals surface area contributed by atoms with E-state index in [0.717, 1.165) is 0 Å². The highest BCUT2D eigenvalue weighted by Gasteiger charge is 2.19. The lowest BCUT2D eigenvalue weighted by atomic mass is 9.98. The molecule has 9 nitrogen and oxygen atoms in total. The standard InChI is InChI=1S/C27H31NO8/c1-4-11-36-27(33)22(28)13-19-14-24(32)26(35-3)15-18(19)7-9-21(30)16-20(29)8-5-17-6-10-23(31)25(12-17)34-2/h5-10,12,14-15,22,31-32H,4,11,13,16,28H2,1-3H3/b8-5+,9-7+/t22-/m1/s1. The number of ketones is 2. The predicted octanol–water partition coefficient (Wildman–Crippen LogP) is 3.19. The Bertz CT molecular complexity index is 1150. The first kappa shape index (κ1) is 28.1. The number of rotatable bonds is 13. The van der Waals surface area contributed by atoms with Gasteiger partial charge in [0.05, 0.1) is 27.2 Å². The van der Waals surface area contributed by atoms with Crippen LogP contribution in [0.25, 0.3) is 12.2 Å². The van der Waals surface area contributed by atoms with Gasteiger partial charge in [0.25, 0.3) is 0 Å². The van der Waals surface area contributed by atoms with Crippen molar-refractivity contribution >= 4 is 29.7 Å². The number of phenolic OH excluding ortho intramolecular Hbond substituents is 2. The molecule has 0 aliphatic carbocycles. The monoisotopic (exact) mass is 497 g/mol. The highest BCUT2D eigenvalue weighted by Crippen LogP contribution is 2.31. The maximum Gasteiger partial charge on any atom is 0.323 e. The highest BCUT2D eigenvalue weighted by atomic mass is 16.5. The normalized spacial score (nSPS) is 12.0. The maximum atomic E-state index is 12.4. The molecule has 9 heteroatoms. The summed E-state index contributed by atoms with van der Waals surface area (Å²) in [6.07, 6.45) is 5.87. The topological polar surface area (TPSA) is 145 Å². The van der Waals surface area contributed by atoms with E-state index < -0.39 is 23.6 Å². The van der Waals surface area contributed by atoms with E-state index in [0.29, 0.717) is 23.1 Å². The average molecular weight is 498 g/mol. The number of ether oxygens (including phenoxy) is 3. The number of carbonyl (C=O) groups is 3. The van der Waals surface area contributed by atoms with Crippen LogP contribution >= 0.6 is 0 Å². The Morgan fingerprint density at radius 1 is 0.944 bits per heavy atom. The summed E-state index contributed by atoms with van der Waals surface area (Å²) in [5, 5.41) is 19.8. The molecule has 0 amide bonds. The van der Waals surface area contributed by atoms with Gasteiger partial charge in [-0.2, -0.15) is 0 Å². The number of phenols is 2. The lowest BCUT2D eigenvalue weighted by molar-refractivity contribution is -0.145. The third-order valence-corrected chi connectivity index (χ3v) is 5.09. The van der Waals surface area contributed by atoms with Crippen molar-refractivity contribution in [1.29, 1.82) is 0 Å². The number of carbonyl (C=O) groups excluding carboxylic acids is 3. The van der Waals surface area contributed by atoms with Crippen molar-refractivity contribution in [3.05, 3.63) is 59.2 Å². The second-order valence-corrected chi connectivity index (χ2v) is 7.91. The molecule has 0 aromatic heterocycles. The summed E-state index contributed by atoms with van der Waals surface area (Å²) in [6, 6.07) is 6.57. The lowest BCUT2D eigenvalue weighted by Crippen LogP contribution is -2.34. The number of hydrogen-bond acceptors (Lipinski definition) is 9. The van der Waals surface area contributed by atoms with Crippen molar-refractivity contribution in [2.45, 2.75) is 32.2 Å². The second-order valence-electron chi connectivity index (χ2n) is 7.91. The Labute approximate surface area is 209 Å². The minimum Gasteiger partial charge on any atom is -0.504 e. The van der Waals surface area contributed by atoms with Gasteiger partial charge in [0, 0.05) is 0 Å². The van der Waals surface area contributed by atoms with E-state index in [1.807, 2.05) is 6.92 Å². The quantitative estimate of drug-likeness (QED) is 0.216. The molecule has 2 aromatic carbocycles. The van der Waals surface area contributed by atoms with Gasteiger partial charge in [-0.3, -0.25) is 14.4 Å². The molecule has 192 valence electrons. The van der Waals surface area contributed by atoms with E-state index in [1.54, 1.807) is 12.1 Å². The zero-order chi connectivity index (χ0) is 26.7. The molecule has 0 saturated carbocycles. The van der Waals surface area contributed by atoms with Gasteiger partial charge >= 0.3 is 5.97 Å². The SMILES string of the molecule is CCCOC(=O)[C@H](N)Cc1cc(O)c(OC)cc1/C=C/C(=O)CC(=O)/C=C/c1ccc(O)c(OC)c1. The molecule has 2 aromatic rings. The Morgan fingerprint density at radius 2 is 1.58 bits per heavy atom. The van der Waals surface area contributed by atoms with E-state index in [2.05, 4.69) is 0 Å². The number of esters is 1. The van der Waals surface area contributed by atoms with Gasteiger partial charge in [-0.05, 0) is 65.9 Å². The zero-order valence-electron chi connectivity index (χ0n) is 20.5. The fourth-order valence-corrected chi connectivity index (χ4v) is 3.21. The van der Waals surface area contributed by atoms with Crippen molar-refractivity contribution in [3.63, 3.8) is 0 Å². The summed E-state index contributed by atoms with van der Waals surface area (Å²) in [6.45, 7) is 2.12. The van der Waals surface area contributed by atoms with Crippen molar-refractivity contribution in [1.82, 2.24) is 0 Å².